The van der Waals surface area contributed by atoms with Gasteiger partial charge in [0.1, 0.15) is 9.79 Å². The minimum atomic E-state index is -3.75. The molecular formula is C18H20Cl4N2O4S2. The van der Waals surface area contributed by atoms with Crippen molar-refractivity contribution in [3.05, 3.63) is 56.5 Å². The van der Waals surface area contributed by atoms with Crippen molar-refractivity contribution < 1.29 is 16.8 Å². The van der Waals surface area contributed by atoms with Gasteiger partial charge in [-0.25, -0.2) is 26.3 Å². The van der Waals surface area contributed by atoms with Crippen molar-refractivity contribution in [1.82, 2.24) is 9.44 Å². The molecule has 0 atom stereocenters. The number of sulfonamides is 2. The van der Waals surface area contributed by atoms with Crippen LogP contribution in [-0.4, -0.2) is 29.9 Å². The van der Waals surface area contributed by atoms with Gasteiger partial charge in [-0.1, -0.05) is 59.2 Å². The third-order valence-electron chi connectivity index (χ3n) is 4.05. The third-order valence-corrected chi connectivity index (χ3v) is 8.41. The molecule has 0 heterocycles. The summed E-state index contributed by atoms with van der Waals surface area (Å²) >= 11 is 23.5. The molecule has 2 rings (SSSR count). The Morgan fingerprint density at radius 3 is 1.33 bits per heavy atom. The van der Waals surface area contributed by atoms with Crippen LogP contribution in [0.15, 0.2) is 46.2 Å². The van der Waals surface area contributed by atoms with Gasteiger partial charge in [-0.05, 0) is 49.2 Å². The quantitative estimate of drug-likeness (QED) is 0.392. The van der Waals surface area contributed by atoms with Crippen molar-refractivity contribution in [2.45, 2.75) is 35.5 Å². The highest BCUT2D eigenvalue weighted by atomic mass is 35.5. The first-order valence-corrected chi connectivity index (χ1v) is 13.4. The van der Waals surface area contributed by atoms with Gasteiger partial charge in [-0.3, -0.25) is 0 Å². The first-order valence-electron chi connectivity index (χ1n) is 8.92. The second-order valence-corrected chi connectivity index (χ2v) is 11.5. The summed E-state index contributed by atoms with van der Waals surface area (Å²) in [7, 11) is -7.50. The molecule has 2 N–H and O–H groups in total. The van der Waals surface area contributed by atoms with E-state index in [1.807, 2.05) is 0 Å². The molecule has 0 aromatic heterocycles. The number of hydrogen-bond donors (Lipinski definition) is 2. The molecule has 0 saturated carbocycles. The second kappa shape index (κ2) is 11.3. The number of benzene rings is 2. The van der Waals surface area contributed by atoms with E-state index < -0.39 is 20.0 Å². The Morgan fingerprint density at radius 2 is 0.967 bits per heavy atom. The Bertz CT molecular complexity index is 1010. The molecule has 2 aromatic carbocycles. The van der Waals surface area contributed by atoms with E-state index in [0.717, 1.165) is 0 Å². The van der Waals surface area contributed by atoms with Gasteiger partial charge >= 0.3 is 0 Å². The number of hydrogen-bond acceptors (Lipinski definition) is 4. The lowest BCUT2D eigenvalue weighted by atomic mass is 10.2. The zero-order valence-corrected chi connectivity index (χ0v) is 20.3. The van der Waals surface area contributed by atoms with Gasteiger partial charge in [0.25, 0.3) is 0 Å². The fourth-order valence-electron chi connectivity index (χ4n) is 2.54. The highest BCUT2D eigenvalue weighted by Crippen LogP contribution is 2.25. The molecule has 166 valence electrons. The molecule has 0 fully saturated rings. The van der Waals surface area contributed by atoms with Crippen LogP contribution in [0.1, 0.15) is 25.7 Å². The van der Waals surface area contributed by atoms with Gasteiger partial charge in [0.2, 0.25) is 20.0 Å². The maximum Gasteiger partial charge on any atom is 0.242 e. The lowest BCUT2D eigenvalue weighted by Gasteiger charge is -2.10. The molecule has 30 heavy (non-hydrogen) atoms. The predicted octanol–water partition coefficient (Wildman–Crippen LogP) is 5.12. The molecule has 0 aliphatic heterocycles. The molecule has 6 nitrogen and oxygen atoms in total. The highest BCUT2D eigenvalue weighted by Gasteiger charge is 2.19. The summed E-state index contributed by atoms with van der Waals surface area (Å²) in [6.45, 7) is 0.462. The monoisotopic (exact) mass is 532 g/mol. The lowest BCUT2D eigenvalue weighted by molar-refractivity contribution is 0.563. The van der Waals surface area contributed by atoms with Crippen LogP contribution >= 0.6 is 46.4 Å². The molecule has 0 aliphatic rings. The smallest absolute Gasteiger partial charge is 0.211 e. The van der Waals surface area contributed by atoms with E-state index in [-0.39, 0.29) is 43.0 Å². The standard InChI is InChI=1S/C18H20Cl4N2O4S2/c19-13-5-7-15(21)17(11-13)29(25,26)23-9-3-1-2-4-10-24-30(27,28)18-12-14(20)6-8-16(18)22/h5-8,11-12,23-24H,1-4,9-10H2. The van der Waals surface area contributed by atoms with E-state index in [2.05, 4.69) is 9.44 Å². The van der Waals surface area contributed by atoms with E-state index >= 15 is 0 Å². The third kappa shape index (κ3) is 7.53. The van der Waals surface area contributed by atoms with E-state index in [0.29, 0.717) is 25.7 Å². The summed E-state index contributed by atoms with van der Waals surface area (Å²) in [6.07, 6.45) is 2.60. The fourth-order valence-corrected chi connectivity index (χ4v) is 6.21. The minimum absolute atomic E-state index is 0.0641. The highest BCUT2D eigenvalue weighted by molar-refractivity contribution is 7.90. The first kappa shape index (κ1) is 25.7. The molecular weight excluding hydrogens is 514 g/mol. The zero-order chi connectivity index (χ0) is 22.4. The first-order chi connectivity index (χ1) is 14.0. The molecule has 0 amide bonds. The number of unbranched alkanes of at least 4 members (excludes halogenated alkanes) is 3. The van der Waals surface area contributed by atoms with Crippen LogP contribution in [0.3, 0.4) is 0 Å². The Morgan fingerprint density at radius 1 is 0.600 bits per heavy atom. The van der Waals surface area contributed by atoms with Crippen LogP contribution < -0.4 is 9.44 Å². The van der Waals surface area contributed by atoms with Gasteiger partial charge in [0.05, 0.1) is 10.0 Å². The fraction of sp³-hybridized carbons (Fsp3) is 0.333. The van der Waals surface area contributed by atoms with E-state index in [4.69, 9.17) is 46.4 Å². The Kier molecular flexibility index (Phi) is 9.70. The summed E-state index contributed by atoms with van der Waals surface area (Å²) in [5, 5.41) is 0.751. The van der Waals surface area contributed by atoms with Crippen molar-refractivity contribution in [1.29, 1.82) is 0 Å². The lowest BCUT2D eigenvalue weighted by Crippen LogP contribution is -2.26. The van der Waals surface area contributed by atoms with E-state index in [1.165, 1.54) is 36.4 Å². The maximum absolute atomic E-state index is 12.3. The van der Waals surface area contributed by atoms with Gasteiger partial charge < -0.3 is 0 Å². The molecule has 2 aromatic rings. The Labute approximate surface area is 197 Å². The number of rotatable bonds is 11. The zero-order valence-electron chi connectivity index (χ0n) is 15.7. The van der Waals surface area contributed by atoms with Crippen LogP contribution in [0.4, 0.5) is 0 Å². The van der Waals surface area contributed by atoms with Crippen LogP contribution in [0.25, 0.3) is 0 Å². The molecule has 0 saturated heterocycles. The Hall–Kier alpha value is -0.580. The van der Waals surface area contributed by atoms with Crippen LogP contribution in [0.2, 0.25) is 20.1 Å². The van der Waals surface area contributed by atoms with Crippen LogP contribution in [0.5, 0.6) is 0 Å². The van der Waals surface area contributed by atoms with Crippen molar-refractivity contribution in [3.8, 4) is 0 Å². The summed E-state index contributed by atoms with van der Waals surface area (Å²) in [5.41, 5.74) is 0. The average molecular weight is 534 g/mol. The van der Waals surface area contributed by atoms with E-state index in [9.17, 15) is 16.8 Å². The second-order valence-electron chi connectivity index (χ2n) is 6.36. The van der Waals surface area contributed by atoms with Gasteiger partial charge in [-0.15, -0.1) is 0 Å². The maximum atomic E-state index is 12.3. The normalized spacial score (nSPS) is 12.3. The Balaban J connectivity index is 1.71. The van der Waals surface area contributed by atoms with Crippen molar-refractivity contribution in [3.63, 3.8) is 0 Å². The van der Waals surface area contributed by atoms with Crippen molar-refractivity contribution in [2.24, 2.45) is 0 Å². The molecule has 0 aliphatic carbocycles. The van der Waals surface area contributed by atoms with Crippen molar-refractivity contribution >= 4 is 66.5 Å². The summed E-state index contributed by atoms with van der Waals surface area (Å²) in [6, 6.07) is 8.47. The summed E-state index contributed by atoms with van der Waals surface area (Å²) in [4.78, 5) is -0.128. The largest absolute Gasteiger partial charge is 0.242 e. The SMILES string of the molecule is O=S(=O)(NCCCCCCNS(=O)(=O)c1cc(Cl)ccc1Cl)c1cc(Cl)ccc1Cl. The topological polar surface area (TPSA) is 92.3 Å². The molecule has 0 spiro atoms. The van der Waals surface area contributed by atoms with Gasteiger partial charge in [0.15, 0.2) is 0 Å². The van der Waals surface area contributed by atoms with E-state index in [1.54, 1.807) is 0 Å². The number of halogens is 4. The summed E-state index contributed by atoms with van der Waals surface area (Å²) < 4.78 is 54.1. The minimum Gasteiger partial charge on any atom is -0.211 e. The predicted molar refractivity (Wildman–Crippen MR) is 122 cm³/mol. The molecule has 0 unspecified atom stereocenters. The van der Waals surface area contributed by atoms with Gasteiger partial charge in [-0.2, -0.15) is 0 Å². The molecule has 0 radical (unpaired) electrons. The van der Waals surface area contributed by atoms with Crippen LogP contribution in [-0.2, 0) is 20.0 Å². The van der Waals surface area contributed by atoms with Gasteiger partial charge in [0, 0.05) is 23.1 Å². The van der Waals surface area contributed by atoms with Crippen molar-refractivity contribution in [2.75, 3.05) is 13.1 Å². The summed E-state index contributed by atoms with van der Waals surface area (Å²) in [5.74, 6) is 0. The van der Waals surface area contributed by atoms with Crippen LogP contribution in [0, 0.1) is 0 Å². The number of nitrogens with one attached hydrogen (secondary N) is 2. The molecule has 12 heteroatoms. The molecule has 0 bridgehead atoms. The average Bonchev–Trinajstić information content (AvgIpc) is 2.67.